The lowest BCUT2D eigenvalue weighted by molar-refractivity contribution is 0.608. The van der Waals surface area contributed by atoms with Gasteiger partial charge in [-0.05, 0) is 25.5 Å². The third-order valence-corrected chi connectivity index (χ3v) is 2.97. The molecule has 13 heavy (non-hydrogen) atoms. The fraction of sp³-hybridized carbons (Fsp3) is 0.333. The van der Waals surface area contributed by atoms with E-state index in [0.717, 1.165) is 11.8 Å². The minimum absolute atomic E-state index is 0.185. The highest BCUT2D eigenvalue weighted by Gasteiger charge is 2.06. The minimum Gasteiger partial charge on any atom is -0.224 e. The molecule has 0 unspecified atom stereocenters. The SMILES string of the molecule is C=C/C(=C\C(C)=C(/C)Cl)S(C)(=O)=O. The summed E-state index contributed by atoms with van der Waals surface area (Å²) >= 11 is 5.69. The predicted molar refractivity (Wildman–Crippen MR) is 57.4 cm³/mol. The Morgan fingerprint density at radius 2 is 1.85 bits per heavy atom. The van der Waals surface area contributed by atoms with Gasteiger partial charge in [0.1, 0.15) is 0 Å². The maximum Gasteiger partial charge on any atom is 0.175 e. The van der Waals surface area contributed by atoms with Crippen molar-refractivity contribution in [1.29, 1.82) is 0 Å². The Labute approximate surface area is 84.5 Å². The highest BCUT2D eigenvalue weighted by atomic mass is 35.5. The van der Waals surface area contributed by atoms with Gasteiger partial charge in [-0.25, -0.2) is 8.42 Å². The van der Waals surface area contributed by atoms with Gasteiger partial charge in [0.05, 0.1) is 4.91 Å². The van der Waals surface area contributed by atoms with Crippen LogP contribution in [0, 0.1) is 0 Å². The standard InChI is InChI=1S/C9H13ClO2S/c1-5-9(13(4,11)12)6-7(2)8(3)10/h5-6H,1H2,2-4H3/b8-7+,9-6+. The van der Waals surface area contributed by atoms with Crippen molar-refractivity contribution in [3.05, 3.63) is 34.2 Å². The van der Waals surface area contributed by atoms with Crippen molar-refractivity contribution in [2.75, 3.05) is 6.26 Å². The topological polar surface area (TPSA) is 34.1 Å². The van der Waals surface area contributed by atoms with Crippen molar-refractivity contribution in [1.82, 2.24) is 0 Å². The molecule has 0 heterocycles. The average Bonchev–Trinajstić information content (AvgIpc) is 1.96. The molecular weight excluding hydrogens is 208 g/mol. The Bertz CT molecular complexity index is 357. The van der Waals surface area contributed by atoms with E-state index in [0.29, 0.717) is 5.03 Å². The molecule has 0 saturated heterocycles. The van der Waals surface area contributed by atoms with Crippen molar-refractivity contribution < 1.29 is 8.42 Å². The molecule has 0 bridgehead atoms. The molecule has 0 N–H and O–H groups in total. The highest BCUT2D eigenvalue weighted by molar-refractivity contribution is 7.94. The third-order valence-electron chi connectivity index (χ3n) is 1.53. The first-order valence-corrected chi connectivity index (χ1v) is 5.93. The quantitative estimate of drug-likeness (QED) is 0.686. The second kappa shape index (κ2) is 4.63. The van der Waals surface area contributed by atoms with Gasteiger partial charge in [-0.2, -0.15) is 0 Å². The molecule has 0 aliphatic carbocycles. The van der Waals surface area contributed by atoms with Gasteiger partial charge >= 0.3 is 0 Å². The van der Waals surface area contributed by atoms with Gasteiger partial charge in [-0.3, -0.25) is 0 Å². The van der Waals surface area contributed by atoms with E-state index in [9.17, 15) is 8.42 Å². The fourth-order valence-corrected chi connectivity index (χ4v) is 1.38. The summed E-state index contributed by atoms with van der Waals surface area (Å²) in [7, 11) is -3.19. The highest BCUT2D eigenvalue weighted by Crippen LogP contribution is 2.14. The summed E-state index contributed by atoms with van der Waals surface area (Å²) in [4.78, 5) is 0.185. The third kappa shape index (κ3) is 4.29. The van der Waals surface area contributed by atoms with E-state index >= 15 is 0 Å². The van der Waals surface area contributed by atoms with Crippen LogP contribution in [0.25, 0.3) is 0 Å². The van der Waals surface area contributed by atoms with Crippen molar-refractivity contribution in [2.24, 2.45) is 0 Å². The zero-order valence-electron chi connectivity index (χ0n) is 7.96. The minimum atomic E-state index is -3.19. The molecule has 0 radical (unpaired) electrons. The normalized spacial score (nSPS) is 15.2. The van der Waals surface area contributed by atoms with Crippen LogP contribution in [0.4, 0.5) is 0 Å². The molecule has 2 nitrogen and oxygen atoms in total. The second-order valence-electron chi connectivity index (χ2n) is 2.74. The molecule has 0 spiro atoms. The Morgan fingerprint density at radius 1 is 1.38 bits per heavy atom. The van der Waals surface area contributed by atoms with Crippen molar-refractivity contribution in [3.63, 3.8) is 0 Å². The van der Waals surface area contributed by atoms with Gasteiger partial charge in [0.2, 0.25) is 0 Å². The lowest BCUT2D eigenvalue weighted by Gasteiger charge is -1.99. The van der Waals surface area contributed by atoms with Crippen LogP contribution in [0.1, 0.15) is 13.8 Å². The molecule has 0 aliphatic heterocycles. The smallest absolute Gasteiger partial charge is 0.175 e. The molecule has 0 rings (SSSR count). The van der Waals surface area contributed by atoms with Crippen LogP contribution in [0.3, 0.4) is 0 Å². The number of halogens is 1. The number of allylic oxidation sites excluding steroid dienone is 4. The maximum absolute atomic E-state index is 11.1. The summed E-state index contributed by atoms with van der Waals surface area (Å²) < 4.78 is 22.2. The Balaban J connectivity index is 5.26. The van der Waals surface area contributed by atoms with E-state index in [-0.39, 0.29) is 4.91 Å². The van der Waals surface area contributed by atoms with Gasteiger partial charge in [-0.1, -0.05) is 24.3 Å². The fourth-order valence-electron chi connectivity index (χ4n) is 0.630. The number of rotatable bonds is 3. The summed E-state index contributed by atoms with van der Waals surface area (Å²) in [6, 6.07) is 0. The molecule has 0 fully saturated rings. The zero-order valence-corrected chi connectivity index (χ0v) is 9.54. The van der Waals surface area contributed by atoms with E-state index in [2.05, 4.69) is 6.58 Å². The molecule has 74 valence electrons. The van der Waals surface area contributed by atoms with Gasteiger partial charge in [0.15, 0.2) is 9.84 Å². The number of sulfone groups is 1. The van der Waals surface area contributed by atoms with Gasteiger partial charge < -0.3 is 0 Å². The molecule has 0 saturated carbocycles. The summed E-state index contributed by atoms with van der Waals surface area (Å²) in [6.07, 6.45) is 3.95. The van der Waals surface area contributed by atoms with Crippen LogP contribution in [-0.2, 0) is 9.84 Å². The van der Waals surface area contributed by atoms with E-state index in [4.69, 9.17) is 11.6 Å². The van der Waals surface area contributed by atoms with Crippen LogP contribution < -0.4 is 0 Å². The van der Waals surface area contributed by atoms with Crippen LogP contribution in [-0.4, -0.2) is 14.7 Å². The first-order chi connectivity index (χ1) is 5.79. The maximum atomic E-state index is 11.1. The zero-order chi connectivity index (χ0) is 10.6. The first kappa shape index (κ1) is 12.5. The molecule has 4 heteroatoms. The summed E-state index contributed by atoms with van der Waals surface area (Å²) in [5.41, 5.74) is 0.724. The summed E-state index contributed by atoms with van der Waals surface area (Å²) in [5.74, 6) is 0. The lowest BCUT2D eigenvalue weighted by Crippen LogP contribution is -1.98. The van der Waals surface area contributed by atoms with Crippen molar-refractivity contribution >= 4 is 21.4 Å². The molecule has 0 aliphatic rings. The molecule has 0 aromatic rings. The number of hydrogen-bond donors (Lipinski definition) is 0. The molecule has 0 aromatic heterocycles. The van der Waals surface area contributed by atoms with E-state index in [1.54, 1.807) is 13.8 Å². The monoisotopic (exact) mass is 220 g/mol. The summed E-state index contributed by atoms with van der Waals surface area (Å²) in [5, 5.41) is 0.572. The Hall–Kier alpha value is -0.540. The largest absolute Gasteiger partial charge is 0.224 e. The van der Waals surface area contributed by atoms with Crippen LogP contribution >= 0.6 is 11.6 Å². The van der Waals surface area contributed by atoms with Crippen LogP contribution in [0.15, 0.2) is 34.2 Å². The van der Waals surface area contributed by atoms with Crippen LogP contribution in [0.2, 0.25) is 0 Å². The lowest BCUT2D eigenvalue weighted by atomic mass is 10.2. The Morgan fingerprint density at radius 3 is 2.08 bits per heavy atom. The average molecular weight is 221 g/mol. The van der Waals surface area contributed by atoms with Crippen molar-refractivity contribution in [2.45, 2.75) is 13.8 Å². The molecule has 0 aromatic carbocycles. The van der Waals surface area contributed by atoms with Gasteiger partial charge in [0, 0.05) is 11.3 Å². The molecule has 0 atom stereocenters. The van der Waals surface area contributed by atoms with Crippen LogP contribution in [0.5, 0.6) is 0 Å². The number of hydrogen-bond acceptors (Lipinski definition) is 2. The van der Waals surface area contributed by atoms with E-state index in [1.807, 2.05) is 0 Å². The first-order valence-electron chi connectivity index (χ1n) is 3.66. The molecular formula is C9H13ClO2S. The Kier molecular flexibility index (Phi) is 4.44. The van der Waals surface area contributed by atoms with Gasteiger partial charge in [-0.15, -0.1) is 0 Å². The van der Waals surface area contributed by atoms with E-state index < -0.39 is 9.84 Å². The van der Waals surface area contributed by atoms with Crippen molar-refractivity contribution in [3.8, 4) is 0 Å². The second-order valence-corrected chi connectivity index (χ2v) is 5.32. The summed E-state index contributed by atoms with van der Waals surface area (Å²) in [6.45, 7) is 6.88. The van der Waals surface area contributed by atoms with Gasteiger partial charge in [0.25, 0.3) is 0 Å². The predicted octanol–water partition coefficient (Wildman–Crippen LogP) is 2.63. The van der Waals surface area contributed by atoms with E-state index in [1.165, 1.54) is 12.2 Å². The molecule has 0 amide bonds.